The molecule has 168 valence electrons. The largest absolute Gasteiger partial charge is 0.497 e. The Kier molecular flexibility index (Phi) is 7.27. The minimum absolute atomic E-state index is 0.0733. The van der Waals surface area contributed by atoms with Crippen molar-refractivity contribution < 1.29 is 22.7 Å². The summed E-state index contributed by atoms with van der Waals surface area (Å²) in [5.41, 5.74) is 1.37. The third-order valence-electron chi connectivity index (χ3n) is 4.73. The Morgan fingerprint density at radius 2 is 1.72 bits per heavy atom. The Morgan fingerprint density at radius 3 is 2.34 bits per heavy atom. The standard InChI is InChI=1S/C23H23ClN2O5S/c1-16-13-17(24)9-12-21(16)26(32(28,29)19-7-5-4-6-8-19)15-23(27)25-20-11-10-18(30-2)14-22(20)31-3/h4-14H,15H2,1-3H3,(H,25,27). The van der Waals surface area contributed by atoms with Crippen LogP contribution in [0.1, 0.15) is 5.56 Å². The highest BCUT2D eigenvalue weighted by Gasteiger charge is 2.28. The van der Waals surface area contributed by atoms with Gasteiger partial charge in [-0.3, -0.25) is 9.10 Å². The number of nitrogens with one attached hydrogen (secondary N) is 1. The molecule has 0 bridgehead atoms. The summed E-state index contributed by atoms with van der Waals surface area (Å²) >= 11 is 6.05. The molecule has 0 atom stereocenters. The van der Waals surface area contributed by atoms with Crippen molar-refractivity contribution in [1.29, 1.82) is 0 Å². The van der Waals surface area contributed by atoms with E-state index in [0.29, 0.717) is 33.5 Å². The number of sulfonamides is 1. The Labute approximate surface area is 192 Å². The number of halogens is 1. The van der Waals surface area contributed by atoms with E-state index < -0.39 is 22.5 Å². The maximum absolute atomic E-state index is 13.4. The first-order valence-electron chi connectivity index (χ1n) is 9.62. The zero-order chi connectivity index (χ0) is 23.3. The third kappa shape index (κ3) is 5.15. The molecule has 3 aromatic rings. The molecule has 9 heteroatoms. The number of rotatable bonds is 8. The number of nitrogens with zero attached hydrogens (tertiary/aromatic N) is 1. The van der Waals surface area contributed by atoms with E-state index >= 15 is 0 Å². The van der Waals surface area contributed by atoms with Crippen LogP contribution in [0.15, 0.2) is 71.6 Å². The van der Waals surface area contributed by atoms with Crippen LogP contribution in [-0.4, -0.2) is 35.1 Å². The first-order valence-corrected chi connectivity index (χ1v) is 11.4. The van der Waals surface area contributed by atoms with E-state index in [4.69, 9.17) is 21.1 Å². The second-order valence-electron chi connectivity index (χ2n) is 6.87. The van der Waals surface area contributed by atoms with E-state index in [1.807, 2.05) is 0 Å². The summed E-state index contributed by atoms with van der Waals surface area (Å²) in [6, 6.07) is 17.7. The average molecular weight is 475 g/mol. The van der Waals surface area contributed by atoms with Crippen molar-refractivity contribution in [2.75, 3.05) is 30.4 Å². The smallest absolute Gasteiger partial charge is 0.264 e. The number of methoxy groups -OCH3 is 2. The number of benzene rings is 3. The minimum atomic E-state index is -4.03. The maximum atomic E-state index is 13.4. The van der Waals surface area contributed by atoms with Gasteiger partial charge in [0.15, 0.2) is 0 Å². The van der Waals surface area contributed by atoms with Crippen molar-refractivity contribution in [3.8, 4) is 11.5 Å². The second-order valence-corrected chi connectivity index (χ2v) is 9.17. The van der Waals surface area contributed by atoms with Gasteiger partial charge in [0.2, 0.25) is 5.91 Å². The molecule has 0 aliphatic rings. The molecular formula is C23H23ClN2O5S. The van der Waals surface area contributed by atoms with E-state index in [9.17, 15) is 13.2 Å². The lowest BCUT2D eigenvalue weighted by Gasteiger charge is -2.26. The molecule has 0 saturated heterocycles. The van der Waals surface area contributed by atoms with Crippen LogP contribution in [0.5, 0.6) is 11.5 Å². The van der Waals surface area contributed by atoms with Crippen LogP contribution in [0.2, 0.25) is 5.02 Å². The second kappa shape index (κ2) is 9.93. The third-order valence-corrected chi connectivity index (χ3v) is 6.74. The molecule has 3 aromatic carbocycles. The molecule has 32 heavy (non-hydrogen) atoms. The summed E-state index contributed by atoms with van der Waals surface area (Å²) in [7, 11) is -1.04. The quantitative estimate of drug-likeness (QED) is 0.519. The van der Waals surface area contributed by atoms with E-state index in [1.54, 1.807) is 61.5 Å². The number of anilines is 2. The van der Waals surface area contributed by atoms with Gasteiger partial charge in [-0.15, -0.1) is 0 Å². The lowest BCUT2D eigenvalue weighted by atomic mass is 10.2. The van der Waals surface area contributed by atoms with Crippen molar-refractivity contribution in [1.82, 2.24) is 0 Å². The number of aryl methyl sites for hydroxylation is 1. The Bertz CT molecular complexity index is 1220. The molecule has 0 heterocycles. The van der Waals surface area contributed by atoms with E-state index in [1.165, 1.54) is 26.4 Å². The number of hydrogen-bond donors (Lipinski definition) is 1. The van der Waals surface area contributed by atoms with Crippen LogP contribution in [0.25, 0.3) is 0 Å². The van der Waals surface area contributed by atoms with Gasteiger partial charge in [0, 0.05) is 11.1 Å². The Hall–Kier alpha value is -3.23. The monoisotopic (exact) mass is 474 g/mol. The van der Waals surface area contributed by atoms with Crippen molar-refractivity contribution in [3.63, 3.8) is 0 Å². The van der Waals surface area contributed by atoms with Crippen LogP contribution >= 0.6 is 11.6 Å². The van der Waals surface area contributed by atoms with Gasteiger partial charge in [-0.25, -0.2) is 8.42 Å². The van der Waals surface area contributed by atoms with Crippen molar-refractivity contribution in [2.24, 2.45) is 0 Å². The molecule has 0 aromatic heterocycles. The molecule has 1 N–H and O–H groups in total. The molecule has 0 spiro atoms. The van der Waals surface area contributed by atoms with Gasteiger partial charge in [-0.05, 0) is 55.0 Å². The molecular weight excluding hydrogens is 452 g/mol. The molecule has 0 radical (unpaired) electrons. The summed E-state index contributed by atoms with van der Waals surface area (Å²) in [6.45, 7) is 1.29. The van der Waals surface area contributed by atoms with Gasteiger partial charge >= 0.3 is 0 Å². The van der Waals surface area contributed by atoms with Crippen molar-refractivity contribution in [3.05, 3.63) is 77.3 Å². The van der Waals surface area contributed by atoms with Crippen molar-refractivity contribution in [2.45, 2.75) is 11.8 Å². The summed E-state index contributed by atoms with van der Waals surface area (Å²) in [5.74, 6) is 0.407. The van der Waals surface area contributed by atoms with Crippen LogP contribution in [0.4, 0.5) is 11.4 Å². The molecule has 0 unspecified atom stereocenters. The lowest BCUT2D eigenvalue weighted by molar-refractivity contribution is -0.114. The number of carbonyl (C=O) groups excluding carboxylic acids is 1. The Balaban J connectivity index is 1.97. The summed E-state index contributed by atoms with van der Waals surface area (Å²) < 4.78 is 38.4. The topological polar surface area (TPSA) is 84.9 Å². The molecule has 0 aliphatic carbocycles. The number of amides is 1. The average Bonchev–Trinajstić information content (AvgIpc) is 2.78. The lowest BCUT2D eigenvalue weighted by Crippen LogP contribution is -2.38. The molecule has 7 nitrogen and oxygen atoms in total. The zero-order valence-corrected chi connectivity index (χ0v) is 19.4. The fourth-order valence-electron chi connectivity index (χ4n) is 3.14. The van der Waals surface area contributed by atoms with Gasteiger partial charge in [0.05, 0.1) is 30.5 Å². The first-order chi connectivity index (χ1) is 15.3. The van der Waals surface area contributed by atoms with Gasteiger partial charge in [-0.2, -0.15) is 0 Å². The van der Waals surface area contributed by atoms with Gasteiger partial charge in [-0.1, -0.05) is 29.8 Å². The highest BCUT2D eigenvalue weighted by molar-refractivity contribution is 7.92. The predicted molar refractivity (Wildman–Crippen MR) is 125 cm³/mol. The van der Waals surface area contributed by atoms with E-state index in [0.717, 1.165) is 4.31 Å². The first kappa shape index (κ1) is 23.4. The highest BCUT2D eigenvalue weighted by Crippen LogP contribution is 2.31. The van der Waals surface area contributed by atoms with Gasteiger partial charge in [0.1, 0.15) is 18.0 Å². The predicted octanol–water partition coefficient (Wildman–Crippen LogP) is 4.50. The highest BCUT2D eigenvalue weighted by atomic mass is 35.5. The molecule has 0 aliphatic heterocycles. The maximum Gasteiger partial charge on any atom is 0.264 e. The number of hydrogen-bond acceptors (Lipinski definition) is 5. The normalized spacial score (nSPS) is 11.0. The van der Waals surface area contributed by atoms with Crippen LogP contribution < -0.4 is 19.1 Å². The SMILES string of the molecule is COc1ccc(NC(=O)CN(c2ccc(Cl)cc2C)S(=O)(=O)c2ccccc2)c(OC)c1. The van der Waals surface area contributed by atoms with E-state index in [-0.39, 0.29) is 4.90 Å². The minimum Gasteiger partial charge on any atom is -0.497 e. The van der Waals surface area contributed by atoms with Crippen LogP contribution in [-0.2, 0) is 14.8 Å². The van der Waals surface area contributed by atoms with Crippen LogP contribution in [0.3, 0.4) is 0 Å². The number of ether oxygens (including phenoxy) is 2. The summed E-state index contributed by atoms with van der Waals surface area (Å²) in [5, 5.41) is 3.18. The molecule has 1 amide bonds. The summed E-state index contributed by atoms with van der Waals surface area (Å²) in [4.78, 5) is 13.0. The zero-order valence-electron chi connectivity index (χ0n) is 17.8. The van der Waals surface area contributed by atoms with E-state index in [2.05, 4.69) is 5.32 Å². The Morgan fingerprint density at radius 1 is 1.00 bits per heavy atom. The molecule has 3 rings (SSSR count). The van der Waals surface area contributed by atoms with Gasteiger partial charge in [0.25, 0.3) is 10.0 Å². The fourth-order valence-corrected chi connectivity index (χ4v) is 4.87. The summed E-state index contributed by atoms with van der Waals surface area (Å²) in [6.07, 6.45) is 0. The van der Waals surface area contributed by atoms with Crippen LogP contribution in [0, 0.1) is 6.92 Å². The molecule has 0 fully saturated rings. The molecule has 0 saturated carbocycles. The fraction of sp³-hybridized carbons (Fsp3) is 0.174. The van der Waals surface area contributed by atoms with Crippen molar-refractivity contribution >= 4 is 38.9 Å². The van der Waals surface area contributed by atoms with Gasteiger partial charge < -0.3 is 14.8 Å². The number of carbonyl (C=O) groups is 1.